The zero-order valence-electron chi connectivity index (χ0n) is 19.4. The second kappa shape index (κ2) is 7.68. The third-order valence-corrected chi connectivity index (χ3v) is 7.60. The fourth-order valence-corrected chi connectivity index (χ4v) is 6.08. The van der Waals surface area contributed by atoms with Crippen LogP contribution in [0.25, 0.3) is 0 Å². The van der Waals surface area contributed by atoms with Gasteiger partial charge in [-0.05, 0) is 31.8 Å². The molecule has 0 bridgehead atoms. The van der Waals surface area contributed by atoms with Crippen LogP contribution in [-0.4, -0.2) is 54.7 Å². The first kappa shape index (κ1) is 22.1. The van der Waals surface area contributed by atoms with Gasteiger partial charge in [-0.3, -0.25) is 24.1 Å². The number of carbonyl (C=O) groups is 4. The Labute approximate surface area is 196 Å². The molecule has 0 radical (unpaired) electrons. The van der Waals surface area contributed by atoms with Crippen LogP contribution in [0.4, 0.5) is 0 Å². The highest BCUT2D eigenvalue weighted by atomic mass is 16.5. The van der Waals surface area contributed by atoms with E-state index in [9.17, 15) is 24.3 Å². The average molecular weight is 463 g/mol. The summed E-state index contributed by atoms with van der Waals surface area (Å²) in [5.74, 6) is -2.68. The van der Waals surface area contributed by atoms with Gasteiger partial charge in [0.1, 0.15) is 17.2 Å². The summed E-state index contributed by atoms with van der Waals surface area (Å²) in [4.78, 5) is 53.6. The number of fused-ring (bicyclic) bond motifs is 3. The van der Waals surface area contributed by atoms with Crippen molar-refractivity contribution in [3.63, 3.8) is 0 Å². The summed E-state index contributed by atoms with van der Waals surface area (Å²) < 4.78 is 11.2. The molecule has 1 aromatic carbocycles. The Kier molecular flexibility index (Phi) is 5.00. The fraction of sp³-hybridized carbons (Fsp3) is 0.385. The van der Waals surface area contributed by atoms with E-state index < -0.39 is 23.7 Å². The molecule has 4 aliphatic rings. The number of phenols is 1. The largest absolute Gasteiger partial charge is 0.508 e. The molecule has 2 amide bonds. The fourth-order valence-electron chi connectivity index (χ4n) is 6.08. The van der Waals surface area contributed by atoms with Gasteiger partial charge in [-0.1, -0.05) is 11.6 Å². The number of methoxy groups -OCH3 is 2. The second-order valence-corrected chi connectivity index (χ2v) is 9.23. The zero-order chi connectivity index (χ0) is 24.5. The van der Waals surface area contributed by atoms with E-state index in [4.69, 9.17) is 9.47 Å². The van der Waals surface area contributed by atoms with Crippen molar-refractivity contribution in [2.45, 2.75) is 25.7 Å². The van der Waals surface area contributed by atoms with E-state index in [0.717, 1.165) is 5.57 Å². The average Bonchev–Trinajstić information content (AvgIpc) is 3.04. The Hall–Kier alpha value is -3.68. The first-order chi connectivity index (χ1) is 16.2. The molecule has 1 aromatic rings. The molecule has 176 valence electrons. The second-order valence-electron chi connectivity index (χ2n) is 9.23. The summed E-state index contributed by atoms with van der Waals surface area (Å²) in [5, 5.41) is 10.2. The zero-order valence-corrected chi connectivity index (χ0v) is 19.4. The third kappa shape index (κ3) is 2.90. The molecule has 0 unspecified atom stereocenters. The minimum absolute atomic E-state index is 0.0725. The molecule has 1 fully saturated rings. The highest BCUT2D eigenvalue weighted by Crippen LogP contribution is 2.57. The molecular formula is C26H25NO7. The number of Topliss-reactive ketones (excluding diaryl/α,β-unsaturated/α-hetero) is 1. The van der Waals surface area contributed by atoms with E-state index in [2.05, 4.69) is 0 Å². The molecule has 1 N–H and O–H groups in total. The highest BCUT2D eigenvalue weighted by molar-refractivity contribution is 6.23. The Balaban J connectivity index is 1.79. The van der Waals surface area contributed by atoms with Gasteiger partial charge < -0.3 is 14.6 Å². The molecule has 34 heavy (non-hydrogen) atoms. The van der Waals surface area contributed by atoms with Crippen LogP contribution in [0, 0.1) is 17.8 Å². The number of ether oxygens (including phenoxy) is 2. The Morgan fingerprint density at radius 3 is 2.26 bits per heavy atom. The van der Waals surface area contributed by atoms with Crippen LogP contribution in [0.1, 0.15) is 31.2 Å². The van der Waals surface area contributed by atoms with E-state index >= 15 is 0 Å². The molecule has 8 heteroatoms. The number of allylic oxidation sites excluding steroid dienone is 6. The van der Waals surface area contributed by atoms with Crippen molar-refractivity contribution in [2.75, 3.05) is 21.3 Å². The summed E-state index contributed by atoms with van der Waals surface area (Å²) in [5.41, 5.74) is 2.35. The van der Waals surface area contributed by atoms with E-state index in [0.29, 0.717) is 40.2 Å². The summed E-state index contributed by atoms with van der Waals surface area (Å²) in [6.45, 7) is 1.60. The number of aromatic hydroxyl groups is 1. The first-order valence-corrected chi connectivity index (χ1v) is 11.2. The summed E-state index contributed by atoms with van der Waals surface area (Å²) in [7, 11) is 4.39. The number of amides is 2. The number of phenolic OH excluding ortho intramolecular Hbond substituents is 1. The van der Waals surface area contributed by atoms with Gasteiger partial charge in [0.2, 0.25) is 11.8 Å². The van der Waals surface area contributed by atoms with Crippen molar-refractivity contribution < 1.29 is 33.8 Å². The van der Waals surface area contributed by atoms with Gasteiger partial charge in [-0.15, -0.1) is 0 Å². The number of imide groups is 1. The SMILES string of the molecule is COc1cc(O)cc(OC)c1[C@H]1C2=CC[C@@H]3C(=O)N(C)C(=O)[C@@H]3[C@@H]2CC2=C1C(=O)C=C(C)C2=O. The maximum Gasteiger partial charge on any atom is 0.233 e. The predicted octanol–water partition coefficient (Wildman–Crippen LogP) is 2.47. The molecule has 8 nitrogen and oxygen atoms in total. The van der Waals surface area contributed by atoms with Crippen LogP contribution in [-0.2, 0) is 19.2 Å². The van der Waals surface area contributed by atoms with Gasteiger partial charge in [0, 0.05) is 47.4 Å². The summed E-state index contributed by atoms with van der Waals surface area (Å²) in [6, 6.07) is 2.87. The van der Waals surface area contributed by atoms with E-state index in [1.807, 2.05) is 6.08 Å². The van der Waals surface area contributed by atoms with E-state index in [1.165, 1.54) is 44.4 Å². The molecule has 4 atom stereocenters. The van der Waals surface area contributed by atoms with Crippen LogP contribution in [0.15, 0.2) is 46.6 Å². The molecule has 1 saturated heterocycles. The lowest BCUT2D eigenvalue weighted by Crippen LogP contribution is -2.39. The Morgan fingerprint density at radius 2 is 1.65 bits per heavy atom. The number of carbonyl (C=O) groups excluding carboxylic acids is 4. The predicted molar refractivity (Wildman–Crippen MR) is 120 cm³/mol. The van der Waals surface area contributed by atoms with Crippen molar-refractivity contribution in [1.82, 2.24) is 4.90 Å². The van der Waals surface area contributed by atoms with Crippen LogP contribution < -0.4 is 9.47 Å². The first-order valence-electron chi connectivity index (χ1n) is 11.2. The van der Waals surface area contributed by atoms with Crippen LogP contribution in [0.2, 0.25) is 0 Å². The number of likely N-dealkylation sites (tertiary alicyclic amines) is 1. The molecule has 5 rings (SSSR count). The molecule has 0 spiro atoms. The van der Waals surface area contributed by atoms with E-state index in [-0.39, 0.29) is 35.6 Å². The summed E-state index contributed by atoms with van der Waals surface area (Å²) >= 11 is 0. The third-order valence-electron chi connectivity index (χ3n) is 7.60. The van der Waals surface area contributed by atoms with Gasteiger partial charge in [0.15, 0.2) is 11.6 Å². The lowest BCUT2D eigenvalue weighted by atomic mass is 9.59. The Morgan fingerprint density at radius 1 is 1.00 bits per heavy atom. The van der Waals surface area contributed by atoms with Gasteiger partial charge >= 0.3 is 0 Å². The maximum absolute atomic E-state index is 13.3. The van der Waals surface area contributed by atoms with Crippen molar-refractivity contribution in [2.24, 2.45) is 17.8 Å². The lowest BCUT2D eigenvalue weighted by Gasteiger charge is -2.42. The normalized spacial score (nSPS) is 28.3. The van der Waals surface area contributed by atoms with Crippen LogP contribution in [0.5, 0.6) is 17.2 Å². The Bertz CT molecular complexity index is 1240. The number of nitrogens with zero attached hydrogens (tertiary/aromatic N) is 1. The topological polar surface area (TPSA) is 110 Å². The lowest BCUT2D eigenvalue weighted by molar-refractivity contribution is -0.138. The number of hydrogen-bond acceptors (Lipinski definition) is 7. The summed E-state index contributed by atoms with van der Waals surface area (Å²) in [6.07, 6.45) is 3.85. The number of ketones is 2. The van der Waals surface area contributed by atoms with Crippen molar-refractivity contribution in [1.29, 1.82) is 0 Å². The standard InChI is InChI=1S/C26H25NO7/c1-11-7-17(29)21-16(24(11)30)10-15-13(5-6-14-20(15)26(32)27(2)25(14)31)22(21)23-18(33-3)8-12(28)9-19(23)34-4/h5,7-9,14-15,20,22,28H,6,10H2,1-4H3/t14-,15+,20-,22-/m0/s1. The molecular weight excluding hydrogens is 438 g/mol. The molecule has 0 saturated carbocycles. The number of benzene rings is 1. The molecule has 1 aliphatic heterocycles. The van der Waals surface area contributed by atoms with Crippen LogP contribution in [0.3, 0.4) is 0 Å². The van der Waals surface area contributed by atoms with Gasteiger partial charge in [0.25, 0.3) is 0 Å². The van der Waals surface area contributed by atoms with Gasteiger partial charge in [-0.25, -0.2) is 0 Å². The van der Waals surface area contributed by atoms with Crippen LogP contribution >= 0.6 is 0 Å². The van der Waals surface area contributed by atoms with Gasteiger partial charge in [-0.2, -0.15) is 0 Å². The monoisotopic (exact) mass is 463 g/mol. The highest BCUT2D eigenvalue weighted by Gasteiger charge is 2.55. The smallest absolute Gasteiger partial charge is 0.233 e. The van der Waals surface area contributed by atoms with Crippen molar-refractivity contribution >= 4 is 23.4 Å². The minimum atomic E-state index is -0.713. The van der Waals surface area contributed by atoms with E-state index in [1.54, 1.807) is 6.92 Å². The molecule has 0 aromatic heterocycles. The number of hydrogen-bond donors (Lipinski definition) is 1. The van der Waals surface area contributed by atoms with Crippen molar-refractivity contribution in [3.05, 3.63) is 52.1 Å². The maximum atomic E-state index is 13.3. The quantitative estimate of drug-likeness (QED) is 0.417. The molecule has 3 aliphatic carbocycles. The minimum Gasteiger partial charge on any atom is -0.508 e. The van der Waals surface area contributed by atoms with Gasteiger partial charge in [0.05, 0.1) is 26.1 Å². The number of rotatable bonds is 3. The van der Waals surface area contributed by atoms with Crippen molar-refractivity contribution in [3.8, 4) is 17.2 Å². The molecule has 1 heterocycles.